The molecule has 1 unspecified atom stereocenters. The van der Waals surface area contributed by atoms with Crippen molar-refractivity contribution in [2.45, 2.75) is 67.2 Å². The van der Waals surface area contributed by atoms with E-state index in [0.717, 1.165) is 17.5 Å². The third-order valence-electron chi connectivity index (χ3n) is 5.00. The van der Waals surface area contributed by atoms with Crippen molar-refractivity contribution in [1.29, 1.82) is 0 Å². The molecule has 1 atom stereocenters. The maximum atomic E-state index is 12.2. The van der Waals surface area contributed by atoms with Crippen molar-refractivity contribution in [2.75, 3.05) is 6.54 Å². The predicted octanol–water partition coefficient (Wildman–Crippen LogP) is 5.31. The number of ether oxygens (including phenoxy) is 1. The molecule has 2 rings (SSSR count). The van der Waals surface area contributed by atoms with Gasteiger partial charge in [-0.1, -0.05) is 44.9 Å². The molecular weight excluding hydrogens is 286 g/mol. The summed E-state index contributed by atoms with van der Waals surface area (Å²) in [5, 5.41) is 2.99. The minimum atomic E-state index is -0.343. The fourth-order valence-electron chi connectivity index (χ4n) is 4.22. The highest BCUT2D eigenvalue weighted by atomic mass is 16.6. The number of hydrogen-bond acceptors (Lipinski definition) is 2. The molecule has 1 amide bonds. The molecule has 0 heterocycles. The Morgan fingerprint density at radius 1 is 1.13 bits per heavy atom. The highest BCUT2D eigenvalue weighted by molar-refractivity contribution is 5.71. The summed E-state index contributed by atoms with van der Waals surface area (Å²) in [4.78, 5) is 12.2. The van der Waals surface area contributed by atoms with Gasteiger partial charge < -0.3 is 10.1 Å². The van der Waals surface area contributed by atoms with Gasteiger partial charge in [0.15, 0.2) is 0 Å². The molecule has 1 saturated carbocycles. The third kappa shape index (κ3) is 4.73. The van der Waals surface area contributed by atoms with E-state index >= 15 is 0 Å². The van der Waals surface area contributed by atoms with E-state index in [-0.39, 0.29) is 11.5 Å². The summed E-state index contributed by atoms with van der Waals surface area (Å²) >= 11 is 0. The smallest absolute Gasteiger partial charge is 0.410 e. The monoisotopic (exact) mass is 317 g/mol. The summed E-state index contributed by atoms with van der Waals surface area (Å²) in [6.45, 7) is 13.6. The van der Waals surface area contributed by atoms with Gasteiger partial charge in [0.25, 0.3) is 0 Å². The van der Waals surface area contributed by atoms with Crippen LogP contribution < -0.4 is 10.1 Å². The van der Waals surface area contributed by atoms with Gasteiger partial charge in [0.05, 0.1) is 0 Å². The van der Waals surface area contributed by atoms with Crippen LogP contribution in [-0.4, -0.2) is 12.6 Å². The van der Waals surface area contributed by atoms with E-state index in [0.29, 0.717) is 17.7 Å². The van der Waals surface area contributed by atoms with Gasteiger partial charge in [0.1, 0.15) is 5.75 Å². The van der Waals surface area contributed by atoms with Crippen LogP contribution in [0.1, 0.15) is 63.1 Å². The molecule has 23 heavy (non-hydrogen) atoms. The fraction of sp³-hybridized carbons (Fsp3) is 0.650. The van der Waals surface area contributed by atoms with Gasteiger partial charge in [-0.15, -0.1) is 0 Å². The molecule has 0 spiro atoms. The summed E-state index contributed by atoms with van der Waals surface area (Å²) < 4.78 is 5.57. The Kier molecular flexibility index (Phi) is 5.07. The first kappa shape index (κ1) is 17.8. The Labute approximate surface area is 140 Å². The molecule has 0 saturated heterocycles. The molecule has 0 bridgehead atoms. The summed E-state index contributed by atoms with van der Waals surface area (Å²) in [6.07, 6.45) is 4.47. The lowest BCUT2D eigenvalue weighted by atomic mass is 9.64. The zero-order chi connectivity index (χ0) is 17.3. The normalized spacial score (nSPS) is 23.4. The summed E-state index contributed by atoms with van der Waals surface area (Å²) in [7, 11) is 0. The first-order valence-corrected chi connectivity index (χ1v) is 8.64. The molecule has 1 N–H and O–H groups in total. The molecule has 128 valence electrons. The van der Waals surface area contributed by atoms with Crippen LogP contribution in [0.5, 0.6) is 5.75 Å². The first-order valence-electron chi connectivity index (χ1n) is 8.64. The molecule has 1 aromatic carbocycles. The molecule has 3 heteroatoms. The van der Waals surface area contributed by atoms with Crippen molar-refractivity contribution < 1.29 is 9.53 Å². The summed E-state index contributed by atoms with van der Waals surface area (Å²) in [5.41, 5.74) is 3.72. The Hall–Kier alpha value is -1.51. The van der Waals surface area contributed by atoms with Gasteiger partial charge in [-0.2, -0.15) is 0 Å². The number of rotatable bonds is 3. The van der Waals surface area contributed by atoms with Crippen LogP contribution in [-0.2, 0) is 0 Å². The van der Waals surface area contributed by atoms with Gasteiger partial charge >= 0.3 is 6.09 Å². The van der Waals surface area contributed by atoms with Crippen molar-refractivity contribution in [3.05, 3.63) is 28.8 Å². The molecule has 3 nitrogen and oxygen atoms in total. The zero-order valence-corrected chi connectivity index (χ0v) is 15.5. The number of benzene rings is 1. The maximum Gasteiger partial charge on any atom is 0.412 e. The topological polar surface area (TPSA) is 38.3 Å². The van der Waals surface area contributed by atoms with Crippen LogP contribution in [0.25, 0.3) is 0 Å². The Balaban J connectivity index is 1.96. The number of amides is 1. The van der Waals surface area contributed by atoms with Crippen LogP contribution >= 0.6 is 0 Å². The van der Waals surface area contributed by atoms with Crippen LogP contribution in [0.2, 0.25) is 0 Å². The van der Waals surface area contributed by atoms with Gasteiger partial charge in [-0.3, -0.25) is 0 Å². The van der Waals surface area contributed by atoms with Crippen molar-refractivity contribution in [3.8, 4) is 5.75 Å². The first-order chi connectivity index (χ1) is 10.6. The second-order valence-corrected chi connectivity index (χ2v) is 8.48. The average Bonchev–Trinajstić information content (AvgIpc) is 2.39. The number of aryl methyl sites for hydroxylation is 3. The molecular formula is C20H31NO2. The highest BCUT2D eigenvalue weighted by Gasteiger charge is 2.36. The van der Waals surface area contributed by atoms with Crippen molar-refractivity contribution in [2.24, 2.45) is 10.8 Å². The SMILES string of the molecule is Cc1cc(C)c(OC(=O)NCC2(C)CCCC(C)(C)C2)c(C)c1. The van der Waals surface area contributed by atoms with E-state index in [1.807, 2.05) is 26.0 Å². The highest BCUT2D eigenvalue weighted by Crippen LogP contribution is 2.45. The van der Waals surface area contributed by atoms with E-state index in [9.17, 15) is 4.79 Å². The van der Waals surface area contributed by atoms with Gasteiger partial charge in [0, 0.05) is 6.54 Å². The van der Waals surface area contributed by atoms with Crippen LogP contribution in [0.15, 0.2) is 12.1 Å². The van der Waals surface area contributed by atoms with E-state index in [2.05, 4.69) is 33.0 Å². The minimum Gasteiger partial charge on any atom is -0.410 e. The Morgan fingerprint density at radius 3 is 2.30 bits per heavy atom. The molecule has 0 radical (unpaired) electrons. The Bertz CT molecular complexity index is 568. The quantitative estimate of drug-likeness (QED) is 0.820. The van der Waals surface area contributed by atoms with Crippen molar-refractivity contribution in [1.82, 2.24) is 5.32 Å². The van der Waals surface area contributed by atoms with E-state index in [4.69, 9.17) is 4.74 Å². The van der Waals surface area contributed by atoms with E-state index in [1.165, 1.54) is 24.8 Å². The third-order valence-corrected chi connectivity index (χ3v) is 5.00. The number of carbonyl (C=O) groups excluding carboxylic acids is 1. The average molecular weight is 317 g/mol. The lowest BCUT2D eigenvalue weighted by molar-refractivity contribution is 0.0969. The van der Waals surface area contributed by atoms with E-state index < -0.39 is 0 Å². The van der Waals surface area contributed by atoms with Gasteiger partial charge in [0.2, 0.25) is 0 Å². The molecule has 1 aliphatic rings. The zero-order valence-electron chi connectivity index (χ0n) is 15.5. The number of carbonyl (C=O) groups is 1. The van der Waals surface area contributed by atoms with Crippen molar-refractivity contribution >= 4 is 6.09 Å². The minimum absolute atomic E-state index is 0.165. The van der Waals surface area contributed by atoms with E-state index in [1.54, 1.807) is 0 Å². The molecule has 0 aliphatic heterocycles. The molecule has 1 fully saturated rings. The second-order valence-electron chi connectivity index (χ2n) is 8.48. The second kappa shape index (κ2) is 6.54. The lowest BCUT2D eigenvalue weighted by Gasteiger charge is -2.42. The lowest BCUT2D eigenvalue weighted by Crippen LogP contribution is -2.41. The standard InChI is InChI=1S/C20H31NO2/c1-14-10-15(2)17(16(3)11-14)23-18(22)21-13-20(6)9-7-8-19(4,5)12-20/h10-11H,7-9,12-13H2,1-6H3,(H,21,22). The number of nitrogens with one attached hydrogen (secondary N) is 1. The molecule has 1 aliphatic carbocycles. The maximum absolute atomic E-state index is 12.2. The van der Waals surface area contributed by atoms with Crippen LogP contribution in [0.4, 0.5) is 4.79 Å². The molecule has 1 aromatic rings. The summed E-state index contributed by atoms with van der Waals surface area (Å²) in [5.74, 6) is 0.683. The fourth-order valence-corrected chi connectivity index (χ4v) is 4.22. The Morgan fingerprint density at radius 2 is 1.74 bits per heavy atom. The largest absolute Gasteiger partial charge is 0.412 e. The van der Waals surface area contributed by atoms with Crippen LogP contribution in [0.3, 0.4) is 0 Å². The van der Waals surface area contributed by atoms with Crippen LogP contribution in [0, 0.1) is 31.6 Å². The summed E-state index contributed by atoms with van der Waals surface area (Å²) in [6, 6.07) is 4.08. The molecule has 0 aromatic heterocycles. The van der Waals surface area contributed by atoms with Gasteiger partial charge in [-0.05, 0) is 62.0 Å². The predicted molar refractivity (Wildman–Crippen MR) is 95.0 cm³/mol. The van der Waals surface area contributed by atoms with Crippen molar-refractivity contribution in [3.63, 3.8) is 0 Å². The van der Waals surface area contributed by atoms with Gasteiger partial charge in [-0.25, -0.2) is 4.79 Å². The number of hydrogen-bond donors (Lipinski definition) is 1.